The summed E-state index contributed by atoms with van der Waals surface area (Å²) < 4.78 is 11.1. The van der Waals surface area contributed by atoms with Crippen LogP contribution in [0.25, 0.3) is 0 Å². The fraction of sp³-hybridized carbons (Fsp3) is 0.625. The van der Waals surface area contributed by atoms with Crippen molar-refractivity contribution in [2.75, 3.05) is 13.7 Å². The van der Waals surface area contributed by atoms with Crippen molar-refractivity contribution < 1.29 is 9.47 Å². The van der Waals surface area contributed by atoms with Crippen LogP contribution in [0.1, 0.15) is 57.6 Å². The molecule has 0 aliphatic heterocycles. The molecule has 0 aliphatic carbocycles. The van der Waals surface area contributed by atoms with Crippen LogP contribution in [0, 0.1) is 0 Å². The maximum atomic E-state index is 5.86. The van der Waals surface area contributed by atoms with Gasteiger partial charge in [0.1, 0.15) is 0 Å². The maximum Gasteiger partial charge on any atom is 0.161 e. The third-order valence-electron chi connectivity index (χ3n) is 3.22. The quantitative estimate of drug-likeness (QED) is 0.685. The number of unbranched alkanes of at least 4 members (excludes halogenated alkanes) is 4. The van der Waals surface area contributed by atoms with Gasteiger partial charge in [-0.3, -0.25) is 0 Å². The summed E-state index contributed by atoms with van der Waals surface area (Å²) in [5, 5.41) is 0. The van der Waals surface area contributed by atoms with Gasteiger partial charge in [0.2, 0.25) is 0 Å². The van der Waals surface area contributed by atoms with Gasteiger partial charge < -0.3 is 15.2 Å². The van der Waals surface area contributed by atoms with Crippen LogP contribution in [-0.2, 0) is 0 Å². The molecule has 0 aliphatic rings. The molecule has 1 rings (SSSR count). The van der Waals surface area contributed by atoms with Gasteiger partial charge in [-0.25, -0.2) is 0 Å². The Morgan fingerprint density at radius 2 is 1.84 bits per heavy atom. The number of nitrogens with two attached hydrogens (primary N) is 1. The highest BCUT2D eigenvalue weighted by Gasteiger charge is 2.07. The summed E-state index contributed by atoms with van der Waals surface area (Å²) in [4.78, 5) is 0. The molecule has 0 heterocycles. The van der Waals surface area contributed by atoms with Crippen LogP contribution in [0.3, 0.4) is 0 Å². The highest BCUT2D eigenvalue weighted by Crippen LogP contribution is 2.29. The molecule has 0 saturated carbocycles. The van der Waals surface area contributed by atoms with E-state index in [-0.39, 0.29) is 6.04 Å². The molecular formula is C16H27NO2. The minimum atomic E-state index is 0.0111. The van der Waals surface area contributed by atoms with Gasteiger partial charge in [-0.05, 0) is 31.0 Å². The van der Waals surface area contributed by atoms with Gasteiger partial charge in [-0.2, -0.15) is 0 Å². The smallest absolute Gasteiger partial charge is 0.161 e. The molecule has 0 bridgehead atoms. The van der Waals surface area contributed by atoms with Crippen molar-refractivity contribution in [3.8, 4) is 11.5 Å². The Morgan fingerprint density at radius 3 is 2.47 bits per heavy atom. The van der Waals surface area contributed by atoms with E-state index in [1.165, 1.54) is 25.7 Å². The lowest BCUT2D eigenvalue weighted by Gasteiger charge is -2.13. The molecule has 3 heteroatoms. The highest BCUT2D eigenvalue weighted by molar-refractivity contribution is 5.43. The molecule has 0 aromatic heterocycles. The third kappa shape index (κ3) is 5.52. The molecule has 1 aromatic carbocycles. The van der Waals surface area contributed by atoms with Crippen LogP contribution >= 0.6 is 0 Å². The van der Waals surface area contributed by atoms with Crippen molar-refractivity contribution in [2.45, 2.75) is 52.0 Å². The van der Waals surface area contributed by atoms with E-state index < -0.39 is 0 Å². The monoisotopic (exact) mass is 265 g/mol. The Morgan fingerprint density at radius 1 is 1.11 bits per heavy atom. The summed E-state index contributed by atoms with van der Waals surface area (Å²) in [5.41, 5.74) is 6.92. The van der Waals surface area contributed by atoms with Crippen molar-refractivity contribution in [1.82, 2.24) is 0 Å². The Hall–Kier alpha value is -1.22. The van der Waals surface area contributed by atoms with Crippen molar-refractivity contribution >= 4 is 0 Å². The topological polar surface area (TPSA) is 44.5 Å². The lowest BCUT2D eigenvalue weighted by Crippen LogP contribution is -2.06. The molecule has 0 radical (unpaired) electrons. The van der Waals surface area contributed by atoms with Crippen LogP contribution in [0.15, 0.2) is 18.2 Å². The molecule has 0 fully saturated rings. The van der Waals surface area contributed by atoms with E-state index in [1.807, 2.05) is 25.1 Å². The van der Waals surface area contributed by atoms with E-state index in [4.69, 9.17) is 15.2 Å². The van der Waals surface area contributed by atoms with Gasteiger partial charge in [0.05, 0.1) is 13.7 Å². The van der Waals surface area contributed by atoms with Crippen LogP contribution in [0.5, 0.6) is 11.5 Å². The average Bonchev–Trinajstić information content (AvgIpc) is 2.42. The first-order valence-corrected chi connectivity index (χ1v) is 7.25. The first-order chi connectivity index (χ1) is 9.19. The van der Waals surface area contributed by atoms with E-state index >= 15 is 0 Å². The number of methoxy groups -OCH3 is 1. The van der Waals surface area contributed by atoms with Gasteiger partial charge in [-0.15, -0.1) is 0 Å². The SMILES string of the molecule is CCCCCCCOc1ccc([C@H](C)N)cc1OC. The van der Waals surface area contributed by atoms with Crippen molar-refractivity contribution in [2.24, 2.45) is 5.73 Å². The molecule has 0 saturated heterocycles. The molecule has 19 heavy (non-hydrogen) atoms. The first-order valence-electron chi connectivity index (χ1n) is 7.25. The molecule has 3 nitrogen and oxygen atoms in total. The number of ether oxygens (including phenoxy) is 2. The minimum Gasteiger partial charge on any atom is -0.493 e. The number of hydrogen-bond donors (Lipinski definition) is 1. The summed E-state index contributed by atoms with van der Waals surface area (Å²) in [6.45, 7) is 4.93. The molecule has 108 valence electrons. The highest BCUT2D eigenvalue weighted by atomic mass is 16.5. The van der Waals surface area contributed by atoms with Crippen LogP contribution < -0.4 is 15.2 Å². The number of hydrogen-bond acceptors (Lipinski definition) is 3. The second kappa shape index (κ2) is 8.81. The van der Waals surface area contributed by atoms with E-state index in [9.17, 15) is 0 Å². The maximum absolute atomic E-state index is 5.86. The van der Waals surface area contributed by atoms with Gasteiger partial charge in [0.15, 0.2) is 11.5 Å². The van der Waals surface area contributed by atoms with E-state index in [1.54, 1.807) is 7.11 Å². The normalized spacial score (nSPS) is 12.2. The van der Waals surface area contributed by atoms with Crippen molar-refractivity contribution in [3.05, 3.63) is 23.8 Å². The van der Waals surface area contributed by atoms with Crippen LogP contribution in [0.4, 0.5) is 0 Å². The fourth-order valence-electron chi connectivity index (χ4n) is 1.97. The van der Waals surface area contributed by atoms with Gasteiger partial charge >= 0.3 is 0 Å². The van der Waals surface area contributed by atoms with Crippen LogP contribution in [0.2, 0.25) is 0 Å². The van der Waals surface area contributed by atoms with E-state index in [0.717, 1.165) is 30.1 Å². The second-order valence-electron chi connectivity index (χ2n) is 4.96. The number of benzene rings is 1. The molecule has 2 N–H and O–H groups in total. The Kier molecular flexibility index (Phi) is 7.34. The van der Waals surface area contributed by atoms with Gasteiger partial charge in [0.25, 0.3) is 0 Å². The standard InChI is InChI=1S/C16H27NO2/c1-4-5-6-7-8-11-19-15-10-9-14(13(2)17)12-16(15)18-3/h9-10,12-13H,4-8,11,17H2,1-3H3/t13-/m0/s1. The average molecular weight is 265 g/mol. The summed E-state index contributed by atoms with van der Waals surface area (Å²) >= 11 is 0. The van der Waals surface area contributed by atoms with Crippen molar-refractivity contribution in [1.29, 1.82) is 0 Å². The fourth-order valence-corrected chi connectivity index (χ4v) is 1.97. The molecule has 0 spiro atoms. The molecule has 0 amide bonds. The van der Waals surface area contributed by atoms with Crippen LogP contribution in [-0.4, -0.2) is 13.7 Å². The zero-order valence-electron chi connectivity index (χ0n) is 12.4. The Balaban J connectivity index is 2.44. The Labute approximate surface area is 117 Å². The molecule has 1 atom stereocenters. The first kappa shape index (κ1) is 15.8. The molecular weight excluding hydrogens is 238 g/mol. The molecule has 0 unspecified atom stereocenters. The third-order valence-corrected chi connectivity index (χ3v) is 3.22. The summed E-state index contributed by atoms with van der Waals surface area (Å²) in [5.74, 6) is 1.57. The predicted octanol–water partition coefficient (Wildman–Crippen LogP) is 4.06. The van der Waals surface area contributed by atoms with E-state index in [2.05, 4.69) is 6.92 Å². The lowest BCUT2D eigenvalue weighted by atomic mass is 10.1. The zero-order valence-corrected chi connectivity index (χ0v) is 12.4. The summed E-state index contributed by atoms with van der Waals surface area (Å²) in [7, 11) is 1.66. The largest absolute Gasteiger partial charge is 0.493 e. The Bertz CT molecular complexity index is 364. The van der Waals surface area contributed by atoms with Crippen molar-refractivity contribution in [3.63, 3.8) is 0 Å². The number of rotatable bonds is 9. The summed E-state index contributed by atoms with van der Waals surface area (Å²) in [6.07, 6.45) is 6.20. The lowest BCUT2D eigenvalue weighted by molar-refractivity contribution is 0.284. The van der Waals surface area contributed by atoms with Gasteiger partial charge in [0, 0.05) is 6.04 Å². The minimum absolute atomic E-state index is 0.0111. The summed E-state index contributed by atoms with van der Waals surface area (Å²) in [6, 6.07) is 5.91. The predicted molar refractivity (Wildman–Crippen MR) is 79.9 cm³/mol. The van der Waals surface area contributed by atoms with Gasteiger partial charge in [-0.1, -0.05) is 38.7 Å². The molecule has 1 aromatic rings. The zero-order chi connectivity index (χ0) is 14.1. The second-order valence-corrected chi connectivity index (χ2v) is 4.96. The van der Waals surface area contributed by atoms with E-state index in [0.29, 0.717) is 0 Å².